The summed E-state index contributed by atoms with van der Waals surface area (Å²) in [4.78, 5) is 37.1. The summed E-state index contributed by atoms with van der Waals surface area (Å²) in [6.07, 6.45) is 1.41. The number of hydrogen-bond donors (Lipinski definition) is 7. The Morgan fingerprint density at radius 3 is 2.32 bits per heavy atom. The van der Waals surface area contributed by atoms with Crippen molar-refractivity contribution < 1.29 is 53.8 Å². The summed E-state index contributed by atoms with van der Waals surface area (Å²) in [7, 11) is 0. The SMILES string of the molecule is CC(=O)N[C@@](C)(/C(C)=C/O)C(C)(COCC1(C)C(C)(C)OC(C)(OC(=O)CCCCC2SC[C@@H]3NC(=O)N[C@H]23)[C@H](O)C1(C)O)OC(C)(C)CO. The summed E-state index contributed by atoms with van der Waals surface area (Å²) in [5.41, 5.74) is -7.85. The predicted molar refractivity (Wildman–Crippen MR) is 188 cm³/mol. The number of nitrogens with one attached hydrogen (secondary N) is 3. The van der Waals surface area contributed by atoms with Crippen molar-refractivity contribution in [2.75, 3.05) is 25.6 Å². The van der Waals surface area contributed by atoms with Gasteiger partial charge >= 0.3 is 12.0 Å². The van der Waals surface area contributed by atoms with Crippen molar-refractivity contribution in [1.29, 1.82) is 0 Å². The van der Waals surface area contributed by atoms with E-state index in [1.165, 1.54) is 20.8 Å². The number of esters is 1. The van der Waals surface area contributed by atoms with E-state index >= 15 is 0 Å². The predicted octanol–water partition coefficient (Wildman–Crippen LogP) is 2.82. The van der Waals surface area contributed by atoms with Crippen LogP contribution in [-0.4, -0.2) is 121 Å². The van der Waals surface area contributed by atoms with E-state index in [0.717, 1.165) is 24.9 Å². The number of rotatable bonds is 16. The zero-order valence-corrected chi connectivity index (χ0v) is 32.4. The third kappa shape index (κ3) is 8.24. The van der Waals surface area contributed by atoms with E-state index in [0.29, 0.717) is 12.0 Å². The second-order valence-corrected chi connectivity index (χ2v) is 17.5. The van der Waals surface area contributed by atoms with Crippen molar-refractivity contribution in [2.24, 2.45) is 5.41 Å². The topological polar surface area (TPSA) is 205 Å². The molecule has 3 heterocycles. The number of ether oxygens (including phenoxy) is 4. The van der Waals surface area contributed by atoms with Crippen LogP contribution in [-0.2, 0) is 28.5 Å². The summed E-state index contributed by atoms with van der Waals surface area (Å²) >= 11 is 1.81. The van der Waals surface area contributed by atoms with Gasteiger partial charge in [-0.1, -0.05) is 13.3 Å². The van der Waals surface area contributed by atoms with E-state index in [-0.39, 0.29) is 55.5 Å². The van der Waals surface area contributed by atoms with Crippen molar-refractivity contribution in [3.63, 3.8) is 0 Å². The Kier molecular flexibility index (Phi) is 12.7. The average molecular weight is 732 g/mol. The number of aliphatic hydroxyl groups excluding tert-OH is 3. The molecule has 288 valence electrons. The first-order valence-corrected chi connectivity index (χ1v) is 18.4. The second-order valence-electron chi connectivity index (χ2n) is 16.2. The summed E-state index contributed by atoms with van der Waals surface area (Å²) in [6.45, 7) is 17.0. The minimum atomic E-state index is -1.91. The van der Waals surface area contributed by atoms with Crippen LogP contribution in [0.4, 0.5) is 4.79 Å². The molecule has 0 aromatic heterocycles. The first-order chi connectivity index (χ1) is 22.8. The maximum Gasteiger partial charge on any atom is 0.315 e. The number of fused-ring (bicyclic) bond motifs is 1. The van der Waals surface area contributed by atoms with Crippen LogP contribution in [0.5, 0.6) is 0 Å². The minimum absolute atomic E-state index is 0.0856. The first-order valence-electron chi connectivity index (χ1n) is 17.3. The van der Waals surface area contributed by atoms with Gasteiger partial charge < -0.3 is 55.3 Å². The Bertz CT molecular complexity index is 1290. The van der Waals surface area contributed by atoms with E-state index in [2.05, 4.69) is 16.0 Å². The molecule has 5 unspecified atom stereocenters. The van der Waals surface area contributed by atoms with Crippen LogP contribution in [0.15, 0.2) is 11.8 Å². The van der Waals surface area contributed by atoms with Crippen LogP contribution in [0.2, 0.25) is 0 Å². The summed E-state index contributed by atoms with van der Waals surface area (Å²) in [6, 6.07) is 0.0795. The zero-order chi connectivity index (χ0) is 38.1. The van der Waals surface area contributed by atoms with Crippen molar-refractivity contribution in [3.8, 4) is 0 Å². The molecule has 3 fully saturated rings. The first kappa shape index (κ1) is 42.3. The molecule has 7 N–H and O–H groups in total. The molecule has 14 nitrogen and oxygen atoms in total. The van der Waals surface area contributed by atoms with Gasteiger partial charge in [-0.25, -0.2) is 4.79 Å². The van der Waals surface area contributed by atoms with Crippen LogP contribution in [0.3, 0.4) is 0 Å². The number of unbranched alkanes of at least 4 members (excludes halogenated alkanes) is 1. The molecule has 0 aromatic rings. The number of urea groups is 1. The Morgan fingerprint density at radius 2 is 1.74 bits per heavy atom. The molecule has 0 radical (unpaired) electrons. The Morgan fingerprint density at radius 1 is 1.10 bits per heavy atom. The molecule has 0 aliphatic carbocycles. The van der Waals surface area contributed by atoms with Crippen LogP contribution in [0.1, 0.15) is 102 Å². The number of carbonyl (C=O) groups is 3. The number of aliphatic hydroxyl groups is 4. The lowest BCUT2D eigenvalue weighted by Gasteiger charge is -2.62. The molecule has 0 aromatic carbocycles. The highest BCUT2D eigenvalue weighted by Gasteiger charge is 2.69. The van der Waals surface area contributed by atoms with Gasteiger partial charge in [-0.2, -0.15) is 11.8 Å². The summed E-state index contributed by atoms with van der Waals surface area (Å²) < 4.78 is 24.8. The van der Waals surface area contributed by atoms with Gasteiger partial charge in [0.15, 0.2) is 0 Å². The summed E-state index contributed by atoms with van der Waals surface area (Å²) in [5.74, 6) is -1.99. The van der Waals surface area contributed by atoms with E-state index in [1.54, 1.807) is 55.4 Å². The lowest BCUT2D eigenvalue weighted by molar-refractivity contribution is -0.405. The van der Waals surface area contributed by atoms with Crippen molar-refractivity contribution in [1.82, 2.24) is 16.0 Å². The molecule has 0 bridgehead atoms. The third-order valence-corrected chi connectivity index (χ3v) is 12.9. The Hall–Kier alpha value is -2.14. The van der Waals surface area contributed by atoms with Gasteiger partial charge in [-0.05, 0) is 73.8 Å². The van der Waals surface area contributed by atoms with Crippen LogP contribution < -0.4 is 16.0 Å². The maximum atomic E-state index is 13.1. The van der Waals surface area contributed by atoms with Crippen LogP contribution in [0, 0.1) is 5.41 Å². The summed E-state index contributed by atoms with van der Waals surface area (Å²) in [5, 5.41) is 52.7. The van der Waals surface area contributed by atoms with E-state index in [9.17, 15) is 34.8 Å². The maximum absolute atomic E-state index is 13.1. The molecule has 3 rings (SSSR count). The largest absolute Gasteiger partial charge is 0.516 e. The average Bonchev–Trinajstić information content (AvgIpc) is 3.55. The van der Waals surface area contributed by atoms with Crippen molar-refractivity contribution in [3.05, 3.63) is 11.8 Å². The molecule has 9 atom stereocenters. The fraction of sp³-hybridized carbons (Fsp3) is 0.857. The second kappa shape index (κ2) is 15.1. The van der Waals surface area contributed by atoms with Gasteiger partial charge in [0.05, 0.1) is 60.3 Å². The smallest absolute Gasteiger partial charge is 0.315 e. The number of hydrogen-bond acceptors (Lipinski definition) is 12. The normalized spacial score (nSPS) is 34.9. The van der Waals surface area contributed by atoms with Crippen molar-refractivity contribution >= 4 is 29.7 Å². The van der Waals surface area contributed by atoms with Gasteiger partial charge in [-0.15, -0.1) is 0 Å². The van der Waals surface area contributed by atoms with Crippen LogP contribution in [0.25, 0.3) is 0 Å². The third-order valence-electron chi connectivity index (χ3n) is 11.4. The molecule has 3 amide bonds. The number of amides is 3. The molecule has 3 aliphatic heterocycles. The zero-order valence-electron chi connectivity index (χ0n) is 31.6. The number of carbonyl (C=O) groups excluding carboxylic acids is 3. The van der Waals surface area contributed by atoms with Gasteiger partial charge in [0.2, 0.25) is 11.7 Å². The van der Waals surface area contributed by atoms with Gasteiger partial charge in [0.25, 0.3) is 0 Å². The molecular formula is C35H61N3O11S. The Labute approximate surface area is 300 Å². The van der Waals surface area contributed by atoms with Crippen LogP contribution >= 0.6 is 11.8 Å². The molecule has 15 heteroatoms. The van der Waals surface area contributed by atoms with Crippen molar-refractivity contribution in [2.45, 2.75) is 159 Å². The number of thioether (sulfide) groups is 1. The van der Waals surface area contributed by atoms with Gasteiger partial charge in [-0.3, -0.25) is 9.59 Å². The highest BCUT2D eigenvalue weighted by atomic mass is 32.2. The molecule has 3 saturated heterocycles. The highest BCUT2D eigenvalue weighted by Crippen LogP contribution is 2.54. The minimum Gasteiger partial charge on any atom is -0.516 e. The fourth-order valence-electron chi connectivity index (χ4n) is 7.53. The molecule has 0 saturated carbocycles. The molecule has 50 heavy (non-hydrogen) atoms. The lowest BCUT2D eigenvalue weighted by atomic mass is 9.59. The van der Waals surface area contributed by atoms with E-state index in [4.69, 9.17) is 18.9 Å². The molecular weight excluding hydrogens is 670 g/mol. The lowest BCUT2D eigenvalue weighted by Crippen LogP contribution is -2.76. The molecule has 3 aliphatic rings. The van der Waals surface area contributed by atoms with Gasteiger partial charge in [0.1, 0.15) is 17.3 Å². The monoisotopic (exact) mass is 731 g/mol. The highest BCUT2D eigenvalue weighted by molar-refractivity contribution is 8.00. The van der Waals surface area contributed by atoms with Gasteiger partial charge in [0, 0.05) is 31.3 Å². The fourth-order valence-corrected chi connectivity index (χ4v) is 9.07. The van der Waals surface area contributed by atoms with E-state index in [1.807, 2.05) is 11.8 Å². The molecule has 0 spiro atoms. The van der Waals surface area contributed by atoms with E-state index < -0.39 is 51.2 Å². The quantitative estimate of drug-likeness (QED) is 0.0530. The Balaban J connectivity index is 1.72. The standard InChI is InChI=1S/C35H61N3O11S/c1-21(16-39)33(9,38-22(2)41)32(8,48-29(3,4)18-40)20-46-19-31(7)30(5,6)49-35(11,27(43)34(31,10)45)47-25(42)15-13-12-14-24-26-23(17-50-24)36-28(44)37-26/h16,23-24,26-27,39-40,43,45H,12-15,17-20H2,1-11H3,(H,38,41)(H2,36,37,44)/b21-16+/t23-,24?,26-,27+,31?,32?,33-,34?,35?/m0/s1.